The van der Waals surface area contributed by atoms with Gasteiger partial charge in [0.2, 0.25) is 16.4 Å². The Kier molecular flexibility index (Phi) is 4.74. The lowest BCUT2D eigenvalue weighted by Gasteiger charge is -2.08. The summed E-state index contributed by atoms with van der Waals surface area (Å²) in [6.07, 6.45) is 1.03. The Balaban J connectivity index is 2.33. The Bertz CT molecular complexity index is 481. The summed E-state index contributed by atoms with van der Waals surface area (Å²) >= 11 is 0. The molecule has 0 spiro atoms. The molecule has 0 atom stereocenters. The zero-order valence-corrected chi connectivity index (χ0v) is 10.6. The predicted octanol–water partition coefficient (Wildman–Crippen LogP) is 0.184. The number of rotatable bonds is 6. The van der Waals surface area contributed by atoms with Crippen LogP contribution < -0.4 is 9.29 Å². The molecule has 18 heavy (non-hydrogen) atoms. The van der Waals surface area contributed by atoms with Gasteiger partial charge in [0.15, 0.2) is 0 Å². The Hall–Kier alpha value is -1.09. The quantitative estimate of drug-likeness (QED) is 0.759. The molecule has 0 unspecified atom stereocenters. The van der Waals surface area contributed by atoms with Gasteiger partial charge in [-0.25, -0.2) is 22.3 Å². The van der Waals surface area contributed by atoms with Crippen LogP contribution in [0.1, 0.15) is 6.42 Å². The molecule has 0 radical (unpaired) electrons. The lowest BCUT2D eigenvalue weighted by atomic mass is 10.5. The van der Waals surface area contributed by atoms with E-state index in [1.54, 1.807) is 27.9 Å². The van der Waals surface area contributed by atoms with Gasteiger partial charge >= 0.3 is 6.18 Å². The van der Waals surface area contributed by atoms with Gasteiger partial charge in [0.1, 0.15) is 18.9 Å². The maximum atomic E-state index is 11.8. The van der Waals surface area contributed by atoms with E-state index in [-0.39, 0.29) is 12.2 Å². The van der Waals surface area contributed by atoms with Gasteiger partial charge in [-0.1, -0.05) is 0 Å². The third-order valence-corrected chi connectivity index (χ3v) is 3.56. The fourth-order valence-electron chi connectivity index (χ4n) is 1.34. The minimum Gasteiger partial charge on any atom is -0.240 e. The van der Waals surface area contributed by atoms with Crippen LogP contribution in [-0.4, -0.2) is 31.5 Å². The van der Waals surface area contributed by atoms with Crippen LogP contribution in [0.25, 0.3) is 0 Å². The van der Waals surface area contributed by atoms with Crippen molar-refractivity contribution in [1.82, 2.24) is 9.29 Å². The first-order valence-corrected chi connectivity index (χ1v) is 6.88. The third-order valence-electron chi connectivity index (χ3n) is 2.15. The molecule has 104 valence electrons. The van der Waals surface area contributed by atoms with E-state index in [1.165, 1.54) is 4.72 Å². The number of aromatic nitrogens is 2. The Morgan fingerprint density at radius 2 is 2.06 bits per heavy atom. The Labute approximate surface area is 103 Å². The van der Waals surface area contributed by atoms with Crippen molar-refractivity contribution in [2.24, 2.45) is 7.05 Å². The van der Waals surface area contributed by atoms with Gasteiger partial charge in [-0.15, -0.1) is 0 Å². The number of hydrogen-bond donors (Lipinski definition) is 1. The summed E-state index contributed by atoms with van der Waals surface area (Å²) in [5, 5.41) is 0. The van der Waals surface area contributed by atoms with Gasteiger partial charge in [-0.2, -0.15) is 13.2 Å². The molecule has 0 aliphatic rings. The van der Waals surface area contributed by atoms with Crippen LogP contribution in [0, 0.1) is 0 Å². The Morgan fingerprint density at radius 3 is 2.56 bits per heavy atom. The highest BCUT2D eigenvalue weighted by atomic mass is 32.2. The number of imidazole rings is 1. The summed E-state index contributed by atoms with van der Waals surface area (Å²) < 4.78 is 63.1. The summed E-state index contributed by atoms with van der Waals surface area (Å²) in [7, 11) is -2.05. The van der Waals surface area contributed by atoms with Gasteiger partial charge in [0.05, 0.1) is 19.3 Å². The van der Waals surface area contributed by atoms with Gasteiger partial charge < -0.3 is 0 Å². The second-order valence-corrected chi connectivity index (χ2v) is 5.85. The molecule has 0 aliphatic carbocycles. The van der Waals surface area contributed by atoms with Crippen LogP contribution in [0.3, 0.4) is 0 Å². The van der Waals surface area contributed by atoms with Crippen LogP contribution in [0.2, 0.25) is 0 Å². The van der Waals surface area contributed by atoms with E-state index in [9.17, 15) is 21.6 Å². The minimum atomic E-state index is -4.53. The van der Waals surface area contributed by atoms with Gasteiger partial charge in [-0.05, 0) is 0 Å². The zero-order chi connectivity index (χ0) is 13.8. The molecule has 1 heterocycles. The van der Waals surface area contributed by atoms with Gasteiger partial charge in [-0.3, -0.25) is 0 Å². The maximum Gasteiger partial charge on any atom is 0.402 e. The Morgan fingerprint density at radius 1 is 1.39 bits per heavy atom. The van der Waals surface area contributed by atoms with E-state index < -0.39 is 22.7 Å². The molecule has 1 aromatic rings. The number of nitrogens with one attached hydrogen (secondary N) is 1. The lowest BCUT2D eigenvalue weighted by molar-refractivity contribution is -0.671. The van der Waals surface area contributed by atoms with Crippen molar-refractivity contribution < 1.29 is 26.2 Å². The second-order valence-electron chi connectivity index (χ2n) is 3.93. The van der Waals surface area contributed by atoms with E-state index in [0.29, 0.717) is 6.54 Å². The molecule has 1 rings (SSSR count). The maximum absolute atomic E-state index is 11.8. The highest BCUT2D eigenvalue weighted by Gasteiger charge is 2.29. The lowest BCUT2D eigenvalue weighted by Crippen LogP contribution is -2.35. The molecule has 1 aromatic heterocycles. The number of nitrogens with zero attached hydrogens (tertiary/aromatic N) is 2. The molecule has 0 amide bonds. The molecule has 0 aromatic carbocycles. The number of sulfonamides is 1. The first kappa shape index (κ1) is 15.0. The van der Waals surface area contributed by atoms with Gasteiger partial charge in [0, 0.05) is 6.42 Å². The monoisotopic (exact) mass is 286 g/mol. The molecular formula is C9H15F3N3O2S+. The molecule has 5 nitrogen and oxygen atoms in total. The van der Waals surface area contributed by atoms with E-state index in [1.807, 2.05) is 7.05 Å². The molecule has 1 N–H and O–H groups in total. The molecule has 0 fully saturated rings. The van der Waals surface area contributed by atoms with Crippen molar-refractivity contribution in [1.29, 1.82) is 0 Å². The smallest absolute Gasteiger partial charge is 0.240 e. The summed E-state index contributed by atoms with van der Waals surface area (Å²) in [4.78, 5) is 0. The van der Waals surface area contributed by atoms with Crippen LogP contribution >= 0.6 is 0 Å². The fraction of sp³-hybridized carbons (Fsp3) is 0.667. The van der Waals surface area contributed by atoms with Crippen molar-refractivity contribution in [3.63, 3.8) is 0 Å². The number of halogens is 3. The minimum absolute atomic E-state index is 0.252. The van der Waals surface area contributed by atoms with E-state index in [0.717, 1.165) is 0 Å². The fourth-order valence-corrected chi connectivity index (χ4v) is 2.37. The number of alkyl halides is 3. The molecule has 0 bridgehead atoms. The van der Waals surface area contributed by atoms with Crippen molar-refractivity contribution in [3.8, 4) is 0 Å². The third kappa shape index (κ3) is 6.01. The predicted molar refractivity (Wildman–Crippen MR) is 58.1 cm³/mol. The molecule has 0 saturated carbocycles. The highest BCUT2D eigenvalue weighted by molar-refractivity contribution is 7.89. The summed E-state index contributed by atoms with van der Waals surface area (Å²) in [6, 6.07) is 0. The average molecular weight is 286 g/mol. The molecular weight excluding hydrogens is 271 g/mol. The molecule has 0 saturated heterocycles. The molecule has 0 aliphatic heterocycles. The number of hydrogen-bond acceptors (Lipinski definition) is 2. The molecule has 9 heteroatoms. The topological polar surface area (TPSA) is 55.0 Å². The van der Waals surface area contributed by atoms with E-state index in [4.69, 9.17) is 0 Å². The largest absolute Gasteiger partial charge is 0.402 e. The van der Waals surface area contributed by atoms with Crippen LogP contribution in [0.4, 0.5) is 13.2 Å². The second kappa shape index (κ2) is 5.70. The van der Waals surface area contributed by atoms with Gasteiger partial charge in [0.25, 0.3) is 0 Å². The highest BCUT2D eigenvalue weighted by Crippen LogP contribution is 2.12. The van der Waals surface area contributed by atoms with Crippen molar-refractivity contribution in [3.05, 3.63) is 18.7 Å². The van der Waals surface area contributed by atoms with Crippen LogP contribution in [0.15, 0.2) is 18.7 Å². The summed E-state index contributed by atoms with van der Waals surface area (Å²) in [6.45, 7) is -1.08. The van der Waals surface area contributed by atoms with Crippen LogP contribution in [0.5, 0.6) is 0 Å². The number of aryl methyl sites for hydroxylation is 2. The standard InChI is InChI=1S/C9H15F3N3O2S/c1-14-4-5-15(8-14)3-2-6-18(16,17)13-7-9(10,11)12/h4-5,8,13H,2-3,6-7H2,1H3/q+1. The van der Waals surface area contributed by atoms with E-state index in [2.05, 4.69) is 0 Å². The van der Waals surface area contributed by atoms with Crippen molar-refractivity contribution in [2.45, 2.75) is 19.1 Å². The summed E-state index contributed by atoms with van der Waals surface area (Å²) in [5.41, 5.74) is 0. The zero-order valence-electron chi connectivity index (χ0n) is 9.81. The van der Waals surface area contributed by atoms with Crippen LogP contribution in [-0.2, 0) is 23.6 Å². The van der Waals surface area contributed by atoms with E-state index >= 15 is 0 Å². The first-order valence-electron chi connectivity index (χ1n) is 5.23. The summed E-state index contributed by atoms with van der Waals surface area (Å²) in [5.74, 6) is -0.328. The van der Waals surface area contributed by atoms with Crippen molar-refractivity contribution >= 4 is 10.0 Å². The first-order chi connectivity index (χ1) is 8.18. The average Bonchev–Trinajstić information content (AvgIpc) is 2.60. The van der Waals surface area contributed by atoms with Crippen molar-refractivity contribution in [2.75, 3.05) is 12.3 Å². The normalized spacial score (nSPS) is 12.9. The SMILES string of the molecule is C[n+]1ccn(CCCS(=O)(=O)NCC(F)(F)F)c1.